The minimum atomic E-state index is 0.0267. The van der Waals surface area contributed by atoms with E-state index in [1.54, 1.807) is 11.9 Å². The second kappa shape index (κ2) is 7.76. The van der Waals surface area contributed by atoms with Crippen LogP contribution in [0.2, 0.25) is 0 Å². The van der Waals surface area contributed by atoms with Crippen LogP contribution in [0.4, 0.5) is 0 Å². The molecule has 1 unspecified atom stereocenters. The second-order valence-corrected chi connectivity index (χ2v) is 11.9. The van der Waals surface area contributed by atoms with E-state index in [1.165, 1.54) is 49.0 Å². The number of carbonyl (C=O) groups excluding carboxylic acids is 2. The highest BCUT2D eigenvalue weighted by Crippen LogP contribution is 2.66. The van der Waals surface area contributed by atoms with Gasteiger partial charge in [-0.15, -0.1) is 0 Å². The second-order valence-electron chi connectivity index (χ2n) is 11.9. The Balaban J connectivity index is 1.28. The summed E-state index contributed by atoms with van der Waals surface area (Å²) in [4.78, 5) is 24.6. The molecule has 0 bridgehead atoms. The topological polar surface area (TPSA) is 49.7 Å². The third-order valence-electron chi connectivity index (χ3n) is 10.4. The maximum absolute atomic E-state index is 12.5. The minimum Gasteiger partial charge on any atom is -0.290 e. The lowest BCUT2D eigenvalue weighted by Crippen LogP contribution is -2.50. The van der Waals surface area contributed by atoms with Gasteiger partial charge >= 0.3 is 0 Å². The number of nitrogens with zero attached hydrogens (tertiary/aromatic N) is 2. The molecule has 1 heterocycles. The van der Waals surface area contributed by atoms with E-state index in [0.717, 1.165) is 12.8 Å². The highest BCUT2D eigenvalue weighted by atomic mass is 16.2. The van der Waals surface area contributed by atoms with Crippen molar-refractivity contribution in [2.24, 2.45) is 39.6 Å². The van der Waals surface area contributed by atoms with E-state index in [-0.39, 0.29) is 28.6 Å². The van der Waals surface area contributed by atoms with Crippen molar-refractivity contribution < 1.29 is 9.59 Å². The predicted molar refractivity (Wildman–Crippen MR) is 134 cm³/mol. The molecule has 4 nitrogen and oxygen atoms in total. The van der Waals surface area contributed by atoms with Crippen molar-refractivity contribution in [1.29, 1.82) is 0 Å². The van der Waals surface area contributed by atoms with E-state index < -0.39 is 0 Å². The van der Waals surface area contributed by atoms with Crippen molar-refractivity contribution in [2.75, 3.05) is 0 Å². The van der Waals surface area contributed by atoms with Gasteiger partial charge in [0.05, 0.1) is 6.04 Å². The Labute approximate surface area is 203 Å². The van der Waals surface area contributed by atoms with Crippen LogP contribution in [0.3, 0.4) is 0 Å². The lowest BCUT2D eigenvalue weighted by molar-refractivity contribution is -0.130. The molecule has 5 aliphatic rings. The molecule has 4 aliphatic carbocycles. The smallest absolute Gasteiger partial charge is 0.240 e. The van der Waals surface area contributed by atoms with Crippen LogP contribution in [-0.4, -0.2) is 22.4 Å². The van der Waals surface area contributed by atoms with Gasteiger partial charge in [-0.3, -0.25) is 9.59 Å². The number of hydrogen-bond donors (Lipinski definition) is 0. The van der Waals surface area contributed by atoms with Gasteiger partial charge in [-0.05, 0) is 79.4 Å². The number of hydrazone groups is 1. The summed E-state index contributed by atoms with van der Waals surface area (Å²) in [7, 11) is 0. The summed E-state index contributed by atoms with van der Waals surface area (Å²) < 4.78 is 0. The Morgan fingerprint density at radius 1 is 1.06 bits per heavy atom. The number of allylic oxidation sites excluding steroid dienone is 4. The maximum Gasteiger partial charge on any atom is 0.240 e. The average molecular weight is 457 g/mol. The van der Waals surface area contributed by atoms with Crippen LogP contribution in [0.25, 0.3) is 0 Å². The Morgan fingerprint density at radius 2 is 1.85 bits per heavy atom. The fourth-order valence-electron chi connectivity index (χ4n) is 8.71. The molecule has 0 radical (unpaired) electrons. The zero-order valence-corrected chi connectivity index (χ0v) is 20.7. The number of ketones is 1. The van der Waals surface area contributed by atoms with E-state index in [9.17, 15) is 9.59 Å². The minimum absolute atomic E-state index is 0.0267. The molecule has 3 fully saturated rings. The van der Waals surface area contributed by atoms with Crippen molar-refractivity contribution in [3.05, 3.63) is 59.7 Å². The van der Waals surface area contributed by atoms with Gasteiger partial charge in [0.2, 0.25) is 5.91 Å². The van der Waals surface area contributed by atoms with Gasteiger partial charge in [0.25, 0.3) is 0 Å². The van der Waals surface area contributed by atoms with Gasteiger partial charge in [-0.2, -0.15) is 5.10 Å². The molecular weight excluding hydrogens is 420 g/mol. The van der Waals surface area contributed by atoms with Crippen molar-refractivity contribution in [3.63, 3.8) is 0 Å². The summed E-state index contributed by atoms with van der Waals surface area (Å²) in [5.41, 5.74) is 4.09. The molecule has 7 atom stereocenters. The Morgan fingerprint density at radius 3 is 2.62 bits per heavy atom. The predicted octanol–water partition coefficient (Wildman–Crippen LogP) is 6.26. The van der Waals surface area contributed by atoms with Gasteiger partial charge in [0.15, 0.2) is 5.78 Å². The highest BCUT2D eigenvalue weighted by molar-refractivity contribution is 6.01. The molecule has 34 heavy (non-hydrogen) atoms. The third-order valence-corrected chi connectivity index (χ3v) is 10.4. The van der Waals surface area contributed by atoms with Crippen LogP contribution in [0.1, 0.15) is 77.3 Å². The molecule has 1 aromatic carbocycles. The number of hydrogen-bond acceptors (Lipinski definition) is 3. The monoisotopic (exact) mass is 456 g/mol. The first-order chi connectivity index (χ1) is 16.3. The fourth-order valence-corrected chi connectivity index (χ4v) is 8.71. The fraction of sp³-hybridized carbons (Fsp3) is 0.567. The third kappa shape index (κ3) is 3.13. The maximum atomic E-state index is 12.5. The van der Waals surface area contributed by atoms with Gasteiger partial charge < -0.3 is 0 Å². The molecule has 0 saturated heterocycles. The first-order valence-electron chi connectivity index (χ1n) is 13.2. The summed E-state index contributed by atoms with van der Waals surface area (Å²) >= 11 is 0. The average Bonchev–Trinajstić information content (AvgIpc) is 3.41. The molecule has 0 N–H and O–H groups in total. The standard InChI is InChI=1S/C30H36N2O2/c1-19(33)32-28(20-7-5-4-6-8-20)18-27(31-32)26-12-11-24-23-10-9-21-17-22(34)13-15-29(21,2)25(23)14-16-30(24,26)3/h4-8,13,15,17,23-26,28H,9-12,14,16,18H2,1-3H3/t23-,24-,25-,26+,28?,29-,30-/m0/s1. The van der Waals surface area contributed by atoms with Gasteiger partial charge in [0, 0.05) is 30.4 Å². The summed E-state index contributed by atoms with van der Waals surface area (Å²) in [6.07, 6.45) is 14.0. The zero-order chi connectivity index (χ0) is 23.7. The summed E-state index contributed by atoms with van der Waals surface area (Å²) in [5, 5.41) is 6.74. The van der Waals surface area contributed by atoms with E-state index in [1.807, 2.05) is 18.2 Å². The van der Waals surface area contributed by atoms with Gasteiger partial charge in [0.1, 0.15) is 0 Å². The molecule has 1 aromatic rings. The molecule has 1 aliphatic heterocycles. The molecule has 0 aromatic heterocycles. The van der Waals surface area contributed by atoms with Crippen LogP contribution in [0.5, 0.6) is 0 Å². The Bertz CT molecular complexity index is 1120. The number of amides is 1. The van der Waals surface area contributed by atoms with Gasteiger partial charge in [-0.1, -0.05) is 55.8 Å². The highest BCUT2D eigenvalue weighted by Gasteiger charge is 2.59. The molecule has 0 spiro atoms. The quantitative estimate of drug-likeness (QED) is 0.527. The number of fused-ring (bicyclic) bond motifs is 5. The lowest BCUT2D eigenvalue weighted by atomic mass is 9.47. The van der Waals surface area contributed by atoms with Crippen molar-refractivity contribution >= 4 is 17.4 Å². The largest absolute Gasteiger partial charge is 0.290 e. The van der Waals surface area contributed by atoms with Crippen LogP contribution >= 0.6 is 0 Å². The Kier molecular flexibility index (Phi) is 5.02. The van der Waals surface area contributed by atoms with E-state index in [2.05, 4.69) is 44.2 Å². The van der Waals surface area contributed by atoms with E-state index in [0.29, 0.717) is 23.7 Å². The van der Waals surface area contributed by atoms with Crippen molar-refractivity contribution in [1.82, 2.24) is 5.01 Å². The van der Waals surface area contributed by atoms with Crippen LogP contribution < -0.4 is 0 Å². The van der Waals surface area contributed by atoms with Crippen molar-refractivity contribution in [2.45, 2.75) is 71.8 Å². The first kappa shape index (κ1) is 22.0. The molecule has 1 amide bonds. The van der Waals surface area contributed by atoms with E-state index >= 15 is 0 Å². The first-order valence-corrected chi connectivity index (χ1v) is 13.2. The van der Waals surface area contributed by atoms with Crippen LogP contribution in [0.15, 0.2) is 59.2 Å². The molecule has 3 saturated carbocycles. The number of carbonyl (C=O) groups is 2. The normalized spacial score (nSPS) is 40.9. The summed E-state index contributed by atoms with van der Waals surface area (Å²) in [6, 6.07) is 10.4. The SMILES string of the molecule is CC(=O)N1N=C([C@H]2CC[C@H]3[C@@H]4CCC5=CC(=O)C=C[C@]5(C)[C@H]4CC[C@]23C)CC1c1ccccc1. The van der Waals surface area contributed by atoms with Crippen molar-refractivity contribution in [3.8, 4) is 0 Å². The lowest BCUT2D eigenvalue weighted by Gasteiger charge is -2.57. The molecular formula is C30H36N2O2. The van der Waals surface area contributed by atoms with E-state index in [4.69, 9.17) is 5.10 Å². The molecule has 178 valence electrons. The zero-order valence-electron chi connectivity index (χ0n) is 20.7. The Hall–Kier alpha value is -2.49. The van der Waals surface area contributed by atoms with Gasteiger partial charge in [-0.25, -0.2) is 5.01 Å². The van der Waals surface area contributed by atoms with Crippen LogP contribution in [0, 0.1) is 34.5 Å². The summed E-state index contributed by atoms with van der Waals surface area (Å²) in [5.74, 6) is 2.69. The van der Waals surface area contributed by atoms with Crippen LogP contribution in [-0.2, 0) is 9.59 Å². The number of benzene rings is 1. The number of rotatable bonds is 2. The molecule has 4 heteroatoms. The molecule has 6 rings (SSSR count). The summed E-state index contributed by atoms with van der Waals surface area (Å²) in [6.45, 7) is 6.54.